The number of nitrogens with two attached hydrogens (primary N) is 1. The van der Waals surface area contributed by atoms with Gasteiger partial charge in [0.05, 0.1) is 17.9 Å². The predicted molar refractivity (Wildman–Crippen MR) is 154 cm³/mol. The average molecular weight is 609 g/mol. The first-order chi connectivity index (χ1) is 20.0. The minimum absolute atomic E-state index is 0.000613. The predicted octanol–water partition coefficient (Wildman–Crippen LogP) is 3.40. The van der Waals surface area contributed by atoms with Crippen LogP contribution < -0.4 is 16.4 Å². The standard InChI is InChI=1S/C30H39F3N4O4S/c31-20-7-3-18(4-8-20)27(19-5-10-23(38)11-6-19)29(34)30(39)36-26-14-13-25(32)28(33)24(26)12-9-22-16-35-21-2-1-15-42(40,41)37(22)17-21/h3-4,7-8,13-14,19,21-23,27,29,35,38H,1-2,5-6,9-12,15-17,34H2,(H,36,39)/t19-,21-,22+,23-,27+,29+/m1/s1. The Bertz CT molecular complexity index is 1370. The molecule has 0 spiro atoms. The molecule has 1 saturated carbocycles. The smallest absolute Gasteiger partial charge is 0.241 e. The SMILES string of the molecule is N[C@H](C(=O)Nc1ccc(F)c(F)c1CC[C@H]1CN[C@@H]2CCCS(=O)(=O)N1C2)[C@@H](c1ccc(F)cc1)[C@H]1CC[C@H](O)CC1. The second-order valence-corrected chi connectivity index (χ2v) is 13.9. The Labute approximate surface area is 244 Å². The number of benzene rings is 2. The Kier molecular flexibility index (Phi) is 9.58. The molecule has 230 valence electrons. The quantitative estimate of drug-likeness (QED) is 0.364. The molecule has 0 radical (unpaired) electrons. The third-order valence-electron chi connectivity index (χ3n) is 9.14. The summed E-state index contributed by atoms with van der Waals surface area (Å²) in [5.41, 5.74) is 7.25. The van der Waals surface area contributed by atoms with Gasteiger partial charge in [0.1, 0.15) is 5.82 Å². The number of halogens is 3. The van der Waals surface area contributed by atoms with E-state index in [1.807, 2.05) is 0 Å². The Morgan fingerprint density at radius 3 is 2.50 bits per heavy atom. The summed E-state index contributed by atoms with van der Waals surface area (Å²) in [4.78, 5) is 13.5. The zero-order chi connectivity index (χ0) is 30.0. The summed E-state index contributed by atoms with van der Waals surface area (Å²) in [7, 11) is -3.46. The number of hydrogen-bond acceptors (Lipinski definition) is 6. The number of carbonyl (C=O) groups excluding carboxylic acids is 1. The van der Waals surface area contributed by atoms with E-state index < -0.39 is 57.5 Å². The fraction of sp³-hybridized carbons (Fsp3) is 0.567. The van der Waals surface area contributed by atoms with Crippen LogP contribution in [0.5, 0.6) is 0 Å². The number of rotatable bonds is 8. The summed E-state index contributed by atoms with van der Waals surface area (Å²) in [5, 5.41) is 16.1. The maximum Gasteiger partial charge on any atom is 0.241 e. The maximum absolute atomic E-state index is 15.2. The van der Waals surface area contributed by atoms with Crippen LogP contribution in [0.25, 0.3) is 0 Å². The highest BCUT2D eigenvalue weighted by Gasteiger charge is 2.39. The summed E-state index contributed by atoms with van der Waals surface area (Å²) < 4.78 is 70.4. The number of sulfonamides is 1. The molecule has 2 aliphatic heterocycles. The van der Waals surface area contributed by atoms with Crippen LogP contribution in [0.3, 0.4) is 0 Å². The summed E-state index contributed by atoms with van der Waals surface area (Å²) in [6.07, 6.45) is 3.54. The van der Waals surface area contributed by atoms with Gasteiger partial charge in [-0.2, -0.15) is 4.31 Å². The first-order valence-electron chi connectivity index (χ1n) is 14.7. The van der Waals surface area contributed by atoms with E-state index in [4.69, 9.17) is 5.73 Å². The van der Waals surface area contributed by atoms with E-state index in [2.05, 4.69) is 10.6 Å². The fourth-order valence-electron chi connectivity index (χ4n) is 6.81. The van der Waals surface area contributed by atoms with Gasteiger partial charge >= 0.3 is 0 Å². The first-order valence-corrected chi connectivity index (χ1v) is 16.3. The van der Waals surface area contributed by atoms with Crippen molar-refractivity contribution in [3.63, 3.8) is 0 Å². The molecule has 2 heterocycles. The lowest BCUT2D eigenvalue weighted by Crippen LogP contribution is -2.57. The molecule has 8 nitrogen and oxygen atoms in total. The number of hydrogen-bond donors (Lipinski definition) is 4. The monoisotopic (exact) mass is 608 g/mol. The number of aliphatic hydroxyl groups excluding tert-OH is 1. The number of nitrogens with zero attached hydrogens (tertiary/aromatic N) is 1. The summed E-state index contributed by atoms with van der Waals surface area (Å²) in [6.45, 7) is 0.753. The maximum atomic E-state index is 15.2. The number of aliphatic hydroxyl groups is 1. The molecule has 42 heavy (non-hydrogen) atoms. The molecule has 5 rings (SSSR count). The van der Waals surface area contributed by atoms with E-state index in [0.717, 1.165) is 12.5 Å². The molecule has 0 aromatic heterocycles. The average Bonchev–Trinajstić information content (AvgIpc) is 3.08. The fourth-order valence-corrected chi connectivity index (χ4v) is 8.61. The lowest BCUT2D eigenvalue weighted by atomic mass is 9.72. The molecule has 2 bridgehead atoms. The minimum atomic E-state index is -3.46. The minimum Gasteiger partial charge on any atom is -0.393 e. The van der Waals surface area contributed by atoms with Gasteiger partial charge < -0.3 is 21.5 Å². The topological polar surface area (TPSA) is 125 Å². The van der Waals surface area contributed by atoms with Crippen molar-refractivity contribution in [1.29, 1.82) is 0 Å². The molecule has 2 aromatic rings. The van der Waals surface area contributed by atoms with E-state index in [-0.39, 0.29) is 41.8 Å². The van der Waals surface area contributed by atoms with Crippen molar-refractivity contribution >= 4 is 21.6 Å². The number of fused-ring (bicyclic) bond motifs is 2. The molecule has 2 saturated heterocycles. The van der Waals surface area contributed by atoms with Crippen LogP contribution >= 0.6 is 0 Å². The van der Waals surface area contributed by atoms with Crippen LogP contribution in [-0.4, -0.2) is 66.8 Å². The highest BCUT2D eigenvalue weighted by atomic mass is 32.2. The number of nitrogens with one attached hydrogen (secondary N) is 2. The van der Waals surface area contributed by atoms with Gasteiger partial charge in [0.25, 0.3) is 0 Å². The van der Waals surface area contributed by atoms with Crippen molar-refractivity contribution in [3.05, 3.63) is 65.0 Å². The molecular weight excluding hydrogens is 569 g/mol. The number of piperazine rings is 1. The van der Waals surface area contributed by atoms with Crippen molar-refractivity contribution in [2.24, 2.45) is 11.7 Å². The molecule has 1 aliphatic carbocycles. The summed E-state index contributed by atoms with van der Waals surface area (Å²) in [6, 6.07) is 6.60. The van der Waals surface area contributed by atoms with Crippen molar-refractivity contribution in [1.82, 2.24) is 9.62 Å². The Balaban J connectivity index is 1.35. The lowest BCUT2D eigenvalue weighted by Gasteiger charge is -2.37. The highest BCUT2D eigenvalue weighted by Crippen LogP contribution is 2.38. The number of amides is 1. The lowest BCUT2D eigenvalue weighted by molar-refractivity contribution is -0.118. The zero-order valence-electron chi connectivity index (χ0n) is 23.4. The third-order valence-corrected chi connectivity index (χ3v) is 11.1. The zero-order valence-corrected chi connectivity index (χ0v) is 24.3. The molecule has 1 unspecified atom stereocenters. The second kappa shape index (κ2) is 13.0. The van der Waals surface area contributed by atoms with Crippen molar-refractivity contribution in [2.45, 2.75) is 81.5 Å². The Morgan fingerprint density at radius 1 is 1.07 bits per heavy atom. The highest BCUT2D eigenvalue weighted by molar-refractivity contribution is 7.89. The van der Waals surface area contributed by atoms with Gasteiger partial charge in [-0.1, -0.05) is 12.1 Å². The van der Waals surface area contributed by atoms with Gasteiger partial charge in [-0.3, -0.25) is 4.79 Å². The van der Waals surface area contributed by atoms with Crippen LogP contribution in [0.1, 0.15) is 62.0 Å². The normalized spacial score (nSPS) is 28.8. The van der Waals surface area contributed by atoms with Crippen LogP contribution in [0.2, 0.25) is 0 Å². The van der Waals surface area contributed by atoms with Crippen molar-refractivity contribution < 1.29 is 31.5 Å². The molecule has 3 aliphatic rings. The molecule has 1 amide bonds. The largest absolute Gasteiger partial charge is 0.393 e. The van der Waals surface area contributed by atoms with Gasteiger partial charge in [0.15, 0.2) is 11.6 Å². The van der Waals surface area contributed by atoms with Crippen LogP contribution in [0, 0.1) is 23.4 Å². The van der Waals surface area contributed by atoms with Crippen LogP contribution in [0.15, 0.2) is 36.4 Å². The molecule has 5 N–H and O–H groups in total. The van der Waals surface area contributed by atoms with Crippen LogP contribution in [-0.2, 0) is 21.2 Å². The van der Waals surface area contributed by atoms with Gasteiger partial charge in [-0.25, -0.2) is 21.6 Å². The molecular formula is C30H39F3N4O4S. The van der Waals surface area contributed by atoms with Crippen molar-refractivity contribution in [3.8, 4) is 0 Å². The van der Waals surface area contributed by atoms with Crippen molar-refractivity contribution in [2.75, 3.05) is 24.2 Å². The molecule has 5 atom stereocenters. The number of carbonyl (C=O) groups is 1. The van der Waals surface area contributed by atoms with E-state index in [1.54, 1.807) is 12.1 Å². The van der Waals surface area contributed by atoms with E-state index in [1.165, 1.54) is 22.5 Å². The second-order valence-electron chi connectivity index (χ2n) is 11.9. The summed E-state index contributed by atoms with van der Waals surface area (Å²) in [5.74, 6) is -3.65. The summed E-state index contributed by atoms with van der Waals surface area (Å²) >= 11 is 0. The van der Waals surface area contributed by atoms with E-state index in [0.29, 0.717) is 50.8 Å². The molecule has 3 fully saturated rings. The van der Waals surface area contributed by atoms with Gasteiger partial charge in [-0.15, -0.1) is 0 Å². The molecule has 2 aromatic carbocycles. The van der Waals surface area contributed by atoms with Crippen LogP contribution in [0.4, 0.5) is 18.9 Å². The first kappa shape index (κ1) is 30.9. The third kappa shape index (κ3) is 6.83. The Hall–Kier alpha value is -2.51. The molecule has 12 heteroatoms. The van der Waals surface area contributed by atoms with E-state index >= 15 is 4.39 Å². The van der Waals surface area contributed by atoms with Gasteiger partial charge in [0, 0.05) is 42.3 Å². The van der Waals surface area contributed by atoms with Gasteiger partial charge in [-0.05, 0) is 87.1 Å². The Morgan fingerprint density at radius 2 is 1.79 bits per heavy atom. The van der Waals surface area contributed by atoms with E-state index in [9.17, 15) is 27.1 Å². The number of anilines is 1. The van der Waals surface area contributed by atoms with Gasteiger partial charge in [0.2, 0.25) is 15.9 Å².